The van der Waals surface area contributed by atoms with Gasteiger partial charge >= 0.3 is 0 Å². The van der Waals surface area contributed by atoms with Gasteiger partial charge in [-0.2, -0.15) is 4.31 Å². The Hall–Kier alpha value is -3.28. The maximum absolute atomic E-state index is 13.3. The molecule has 2 aromatic carbocycles. The summed E-state index contributed by atoms with van der Waals surface area (Å²) in [5.41, 5.74) is 0.755. The van der Waals surface area contributed by atoms with Crippen molar-refractivity contribution in [3.05, 3.63) is 65.3 Å². The number of ether oxygens (including phenoxy) is 2. The molecule has 0 radical (unpaired) electrons. The fourth-order valence-corrected chi connectivity index (χ4v) is 4.85. The Bertz CT molecular complexity index is 1250. The normalized spacial score (nSPS) is 14.8. The van der Waals surface area contributed by atoms with E-state index < -0.39 is 21.7 Å². The SMILES string of the molecule is Cc1noc(C)c1C(=O)Nc1cc(S(=O)(=O)N2CCOCC2)ccc1Oc1ccc(F)cc1. The van der Waals surface area contributed by atoms with Gasteiger partial charge < -0.3 is 19.3 Å². The first-order chi connectivity index (χ1) is 15.8. The Labute approximate surface area is 190 Å². The van der Waals surface area contributed by atoms with E-state index in [1.165, 1.54) is 46.8 Å². The van der Waals surface area contributed by atoms with Crippen molar-refractivity contribution in [2.24, 2.45) is 0 Å². The maximum Gasteiger partial charge on any atom is 0.261 e. The molecule has 1 amide bonds. The minimum atomic E-state index is -3.82. The number of rotatable bonds is 6. The average molecular weight is 475 g/mol. The highest BCUT2D eigenvalue weighted by Crippen LogP contribution is 2.33. The number of sulfonamides is 1. The second-order valence-electron chi connectivity index (χ2n) is 7.38. The van der Waals surface area contributed by atoms with Crippen LogP contribution < -0.4 is 10.1 Å². The zero-order valence-corrected chi connectivity index (χ0v) is 18.8. The summed E-state index contributed by atoms with van der Waals surface area (Å²) < 4.78 is 56.9. The number of nitrogens with zero attached hydrogens (tertiary/aromatic N) is 2. The lowest BCUT2D eigenvalue weighted by molar-refractivity contribution is 0.0730. The summed E-state index contributed by atoms with van der Waals surface area (Å²) in [5, 5.41) is 6.47. The first-order valence-electron chi connectivity index (χ1n) is 10.2. The molecule has 4 rings (SSSR count). The lowest BCUT2D eigenvalue weighted by atomic mass is 10.2. The quantitative estimate of drug-likeness (QED) is 0.581. The topological polar surface area (TPSA) is 111 Å². The fourth-order valence-electron chi connectivity index (χ4n) is 3.41. The van der Waals surface area contributed by atoms with Gasteiger partial charge in [0.2, 0.25) is 10.0 Å². The summed E-state index contributed by atoms with van der Waals surface area (Å²) in [7, 11) is -3.82. The zero-order valence-electron chi connectivity index (χ0n) is 18.0. The third-order valence-electron chi connectivity index (χ3n) is 5.11. The summed E-state index contributed by atoms with van der Waals surface area (Å²) >= 11 is 0. The van der Waals surface area contributed by atoms with Crippen molar-refractivity contribution in [1.82, 2.24) is 9.46 Å². The molecule has 0 spiro atoms. The van der Waals surface area contributed by atoms with Gasteiger partial charge in [-0.3, -0.25) is 4.79 Å². The highest BCUT2D eigenvalue weighted by Gasteiger charge is 2.28. The van der Waals surface area contributed by atoms with Crippen molar-refractivity contribution in [2.75, 3.05) is 31.6 Å². The summed E-state index contributed by atoms with van der Waals surface area (Å²) in [6.45, 7) is 4.31. The van der Waals surface area contributed by atoms with E-state index in [0.29, 0.717) is 30.4 Å². The van der Waals surface area contributed by atoms with Crippen LogP contribution in [0, 0.1) is 19.7 Å². The Kier molecular flexibility index (Phi) is 6.45. The number of halogens is 1. The summed E-state index contributed by atoms with van der Waals surface area (Å²) in [6.07, 6.45) is 0. The molecule has 33 heavy (non-hydrogen) atoms. The smallest absolute Gasteiger partial charge is 0.261 e. The van der Waals surface area contributed by atoms with E-state index in [9.17, 15) is 17.6 Å². The van der Waals surface area contributed by atoms with E-state index in [4.69, 9.17) is 14.0 Å². The predicted molar refractivity (Wildman–Crippen MR) is 116 cm³/mol. The number of benzene rings is 2. The van der Waals surface area contributed by atoms with Gasteiger partial charge in [0.05, 0.1) is 29.5 Å². The highest BCUT2D eigenvalue weighted by atomic mass is 32.2. The number of morpholine rings is 1. The molecule has 174 valence electrons. The summed E-state index contributed by atoms with van der Waals surface area (Å²) in [4.78, 5) is 12.9. The monoisotopic (exact) mass is 475 g/mol. The third-order valence-corrected chi connectivity index (χ3v) is 7.00. The maximum atomic E-state index is 13.3. The molecule has 2 heterocycles. The van der Waals surface area contributed by atoms with Crippen LogP contribution in [0.5, 0.6) is 11.5 Å². The number of aromatic nitrogens is 1. The number of carbonyl (C=O) groups is 1. The van der Waals surface area contributed by atoms with Crippen LogP contribution in [0.3, 0.4) is 0 Å². The highest BCUT2D eigenvalue weighted by molar-refractivity contribution is 7.89. The van der Waals surface area contributed by atoms with Crippen LogP contribution in [0.15, 0.2) is 51.9 Å². The molecule has 1 saturated heterocycles. The molecule has 0 unspecified atom stereocenters. The van der Waals surface area contributed by atoms with E-state index >= 15 is 0 Å². The van der Waals surface area contributed by atoms with Crippen LogP contribution >= 0.6 is 0 Å². The molecular weight excluding hydrogens is 453 g/mol. The Balaban J connectivity index is 1.71. The van der Waals surface area contributed by atoms with E-state index in [0.717, 1.165) is 0 Å². The first kappa shape index (κ1) is 22.9. The van der Waals surface area contributed by atoms with Crippen LogP contribution in [0.2, 0.25) is 0 Å². The molecule has 0 saturated carbocycles. The van der Waals surface area contributed by atoms with Gasteiger partial charge in [0.1, 0.15) is 22.9 Å². The predicted octanol–water partition coefficient (Wildman–Crippen LogP) is 3.50. The number of anilines is 1. The van der Waals surface area contributed by atoms with Gasteiger partial charge in [-0.05, 0) is 56.3 Å². The van der Waals surface area contributed by atoms with Crippen molar-refractivity contribution in [3.8, 4) is 11.5 Å². The Morgan fingerprint density at radius 3 is 2.45 bits per heavy atom. The van der Waals surface area contributed by atoms with Gasteiger partial charge in [-0.25, -0.2) is 12.8 Å². The molecule has 11 heteroatoms. The van der Waals surface area contributed by atoms with Gasteiger partial charge in [0.15, 0.2) is 5.75 Å². The second kappa shape index (κ2) is 9.30. The van der Waals surface area contributed by atoms with E-state index in [-0.39, 0.29) is 35.0 Å². The molecule has 1 aliphatic heterocycles. The largest absolute Gasteiger partial charge is 0.455 e. The van der Waals surface area contributed by atoms with E-state index in [1.807, 2.05) is 0 Å². The van der Waals surface area contributed by atoms with Crippen molar-refractivity contribution < 1.29 is 31.6 Å². The standard InChI is InChI=1S/C22H22FN3O6S/c1-14-21(15(2)32-25-14)22(27)24-19-13-18(33(28,29)26-9-11-30-12-10-26)7-8-20(19)31-17-5-3-16(23)4-6-17/h3-8,13H,9-12H2,1-2H3,(H,24,27). The number of aryl methyl sites for hydroxylation is 2. The van der Waals surface area contributed by atoms with Crippen LogP contribution in [0.25, 0.3) is 0 Å². The van der Waals surface area contributed by atoms with Gasteiger partial charge in [-0.15, -0.1) is 0 Å². The lowest BCUT2D eigenvalue weighted by Gasteiger charge is -2.26. The number of hydrogen-bond acceptors (Lipinski definition) is 7. The van der Waals surface area contributed by atoms with Crippen LogP contribution in [0.1, 0.15) is 21.8 Å². The summed E-state index contributed by atoms with van der Waals surface area (Å²) in [5.74, 6) is -0.142. The molecule has 3 aromatic rings. The number of amides is 1. The molecular formula is C22H22FN3O6S. The molecule has 1 fully saturated rings. The number of carbonyl (C=O) groups excluding carboxylic acids is 1. The average Bonchev–Trinajstić information content (AvgIpc) is 3.15. The molecule has 0 atom stereocenters. The molecule has 1 aliphatic rings. The van der Waals surface area contributed by atoms with E-state index in [1.54, 1.807) is 13.8 Å². The van der Waals surface area contributed by atoms with Crippen molar-refractivity contribution in [2.45, 2.75) is 18.7 Å². The van der Waals surface area contributed by atoms with Crippen LogP contribution in [-0.2, 0) is 14.8 Å². The Morgan fingerprint density at radius 2 is 1.82 bits per heavy atom. The zero-order chi connectivity index (χ0) is 23.6. The van der Waals surface area contributed by atoms with Gasteiger partial charge in [-0.1, -0.05) is 5.16 Å². The number of hydrogen-bond donors (Lipinski definition) is 1. The van der Waals surface area contributed by atoms with Crippen molar-refractivity contribution in [1.29, 1.82) is 0 Å². The molecule has 0 aliphatic carbocycles. The third kappa shape index (κ3) is 4.90. The molecule has 1 aromatic heterocycles. The fraction of sp³-hybridized carbons (Fsp3) is 0.273. The molecule has 9 nitrogen and oxygen atoms in total. The van der Waals surface area contributed by atoms with Crippen LogP contribution in [0.4, 0.5) is 10.1 Å². The minimum absolute atomic E-state index is 0.00933. The number of nitrogens with one attached hydrogen (secondary N) is 1. The van der Waals surface area contributed by atoms with Crippen LogP contribution in [-0.4, -0.2) is 50.1 Å². The lowest BCUT2D eigenvalue weighted by Crippen LogP contribution is -2.40. The molecule has 1 N–H and O–H groups in total. The Morgan fingerprint density at radius 1 is 1.12 bits per heavy atom. The summed E-state index contributed by atoms with van der Waals surface area (Å²) in [6, 6.07) is 9.49. The van der Waals surface area contributed by atoms with Crippen molar-refractivity contribution in [3.63, 3.8) is 0 Å². The first-order valence-corrected chi connectivity index (χ1v) is 11.6. The van der Waals surface area contributed by atoms with Gasteiger partial charge in [0, 0.05) is 13.1 Å². The minimum Gasteiger partial charge on any atom is -0.455 e. The van der Waals surface area contributed by atoms with Crippen molar-refractivity contribution >= 4 is 21.6 Å². The second-order valence-corrected chi connectivity index (χ2v) is 9.32. The van der Waals surface area contributed by atoms with E-state index in [2.05, 4.69) is 10.5 Å². The van der Waals surface area contributed by atoms with Gasteiger partial charge in [0.25, 0.3) is 5.91 Å². The molecule has 0 bridgehead atoms.